The van der Waals surface area contributed by atoms with Crippen molar-refractivity contribution in [2.75, 3.05) is 40.3 Å². The normalized spacial score (nSPS) is 23.0. The Morgan fingerprint density at radius 1 is 1.23 bits per heavy atom. The van der Waals surface area contributed by atoms with Crippen LogP contribution in [0.3, 0.4) is 0 Å². The van der Waals surface area contributed by atoms with Gasteiger partial charge in [0.15, 0.2) is 0 Å². The Morgan fingerprint density at radius 2 is 1.95 bits per heavy atom. The lowest BCUT2D eigenvalue weighted by molar-refractivity contribution is 0.183. The summed E-state index contributed by atoms with van der Waals surface area (Å²) in [7, 11) is 6.28. The predicted octanol–water partition coefficient (Wildman–Crippen LogP) is 1.18. The minimum atomic E-state index is 0.275. The van der Waals surface area contributed by atoms with Crippen molar-refractivity contribution < 1.29 is 5.11 Å². The van der Waals surface area contributed by atoms with Gasteiger partial charge in [-0.2, -0.15) is 0 Å². The van der Waals surface area contributed by atoms with E-state index < -0.39 is 0 Å². The molecule has 1 aromatic carbocycles. The van der Waals surface area contributed by atoms with Gasteiger partial charge in [0, 0.05) is 33.3 Å². The largest absolute Gasteiger partial charge is 0.396 e. The van der Waals surface area contributed by atoms with Crippen LogP contribution in [0.25, 0.3) is 11.0 Å². The summed E-state index contributed by atoms with van der Waals surface area (Å²) < 4.78 is 2.18. The monoisotopic (exact) mass is 302 g/mol. The van der Waals surface area contributed by atoms with E-state index >= 15 is 0 Å². The standard InChI is InChI=1S/C17H26N4O/c1-19(2)8-13-9-21(10-14(13)12-22)11-17-18-15-6-4-5-7-16(15)20(17)3/h4-7,13-14,22H,8-12H2,1-3H3/t13-,14-/m1/s1. The van der Waals surface area contributed by atoms with Crippen molar-refractivity contribution in [3.63, 3.8) is 0 Å². The lowest BCUT2D eigenvalue weighted by atomic mass is 9.97. The van der Waals surface area contributed by atoms with Gasteiger partial charge in [0.05, 0.1) is 17.6 Å². The van der Waals surface area contributed by atoms with Gasteiger partial charge in [-0.3, -0.25) is 4.90 Å². The summed E-state index contributed by atoms with van der Waals surface area (Å²) in [5.41, 5.74) is 2.24. The fourth-order valence-corrected chi connectivity index (χ4v) is 3.58. The van der Waals surface area contributed by atoms with E-state index in [4.69, 9.17) is 4.98 Å². The number of likely N-dealkylation sites (tertiary alicyclic amines) is 1. The molecule has 22 heavy (non-hydrogen) atoms. The van der Waals surface area contributed by atoms with E-state index in [-0.39, 0.29) is 6.61 Å². The molecule has 1 fully saturated rings. The first kappa shape index (κ1) is 15.5. The summed E-state index contributed by atoms with van der Waals surface area (Å²) >= 11 is 0. The maximum atomic E-state index is 9.64. The van der Waals surface area contributed by atoms with E-state index in [9.17, 15) is 5.11 Å². The number of rotatable bonds is 5. The van der Waals surface area contributed by atoms with Gasteiger partial charge in [0.1, 0.15) is 5.82 Å². The Kier molecular flexibility index (Phi) is 4.47. The highest BCUT2D eigenvalue weighted by molar-refractivity contribution is 5.75. The highest BCUT2D eigenvalue weighted by Crippen LogP contribution is 2.25. The fourth-order valence-electron chi connectivity index (χ4n) is 3.58. The first-order valence-corrected chi connectivity index (χ1v) is 7.96. The van der Waals surface area contributed by atoms with Crippen LogP contribution in [-0.2, 0) is 13.6 Å². The lowest BCUT2D eigenvalue weighted by Crippen LogP contribution is -2.28. The highest BCUT2D eigenvalue weighted by Gasteiger charge is 2.32. The zero-order valence-corrected chi connectivity index (χ0v) is 13.7. The average molecular weight is 302 g/mol. The molecule has 5 nitrogen and oxygen atoms in total. The first-order valence-electron chi connectivity index (χ1n) is 7.96. The molecule has 1 aromatic heterocycles. The number of hydrogen-bond donors (Lipinski definition) is 1. The van der Waals surface area contributed by atoms with Gasteiger partial charge in [-0.1, -0.05) is 12.1 Å². The Bertz CT molecular complexity index is 637. The van der Waals surface area contributed by atoms with E-state index in [1.54, 1.807) is 0 Å². The topological polar surface area (TPSA) is 44.5 Å². The van der Waals surface area contributed by atoms with Crippen LogP contribution in [0.1, 0.15) is 5.82 Å². The second kappa shape index (κ2) is 6.36. The summed E-state index contributed by atoms with van der Waals surface area (Å²) in [6.45, 7) is 4.15. The molecule has 2 atom stereocenters. The Morgan fingerprint density at radius 3 is 2.64 bits per heavy atom. The van der Waals surface area contributed by atoms with Crippen LogP contribution in [0.4, 0.5) is 0 Å². The van der Waals surface area contributed by atoms with Crippen LogP contribution in [0, 0.1) is 11.8 Å². The van der Waals surface area contributed by atoms with Crippen LogP contribution in [0.2, 0.25) is 0 Å². The Balaban J connectivity index is 1.74. The molecule has 0 radical (unpaired) electrons. The number of fused-ring (bicyclic) bond motifs is 1. The van der Waals surface area contributed by atoms with Crippen LogP contribution in [0.15, 0.2) is 24.3 Å². The molecule has 1 saturated heterocycles. The van der Waals surface area contributed by atoms with Crippen molar-refractivity contribution in [3.05, 3.63) is 30.1 Å². The van der Waals surface area contributed by atoms with Gasteiger partial charge < -0.3 is 14.6 Å². The van der Waals surface area contributed by atoms with E-state index in [2.05, 4.69) is 53.7 Å². The number of para-hydroxylation sites is 2. The summed E-state index contributed by atoms with van der Waals surface area (Å²) in [6.07, 6.45) is 0. The van der Waals surface area contributed by atoms with Crippen molar-refractivity contribution in [1.82, 2.24) is 19.4 Å². The van der Waals surface area contributed by atoms with Crippen molar-refractivity contribution in [1.29, 1.82) is 0 Å². The number of nitrogens with zero attached hydrogens (tertiary/aromatic N) is 4. The van der Waals surface area contributed by atoms with Crippen LogP contribution < -0.4 is 0 Å². The summed E-state index contributed by atoms with van der Waals surface area (Å²) in [4.78, 5) is 9.40. The Labute approximate surface area is 132 Å². The molecule has 0 spiro atoms. The molecule has 0 unspecified atom stereocenters. The second-order valence-electron chi connectivity index (χ2n) is 6.73. The lowest BCUT2D eigenvalue weighted by Gasteiger charge is -2.20. The quantitative estimate of drug-likeness (QED) is 0.901. The number of aromatic nitrogens is 2. The molecule has 0 bridgehead atoms. The molecule has 0 aliphatic carbocycles. The molecular formula is C17H26N4O. The molecule has 2 heterocycles. The van der Waals surface area contributed by atoms with Gasteiger partial charge in [-0.15, -0.1) is 0 Å². The molecule has 0 saturated carbocycles. The summed E-state index contributed by atoms with van der Waals surface area (Å²) in [5.74, 6) is 2.01. The zero-order valence-electron chi connectivity index (χ0n) is 13.7. The van der Waals surface area contributed by atoms with Gasteiger partial charge >= 0.3 is 0 Å². The predicted molar refractivity (Wildman–Crippen MR) is 88.6 cm³/mol. The van der Waals surface area contributed by atoms with Crippen molar-refractivity contribution in [3.8, 4) is 0 Å². The van der Waals surface area contributed by atoms with Crippen LogP contribution in [0.5, 0.6) is 0 Å². The van der Waals surface area contributed by atoms with Crippen molar-refractivity contribution >= 4 is 11.0 Å². The van der Waals surface area contributed by atoms with E-state index in [0.29, 0.717) is 11.8 Å². The van der Waals surface area contributed by atoms with Crippen molar-refractivity contribution in [2.24, 2.45) is 18.9 Å². The maximum absolute atomic E-state index is 9.64. The fraction of sp³-hybridized carbons (Fsp3) is 0.588. The number of aliphatic hydroxyl groups is 1. The van der Waals surface area contributed by atoms with Gasteiger partial charge in [-0.05, 0) is 38.1 Å². The Hall–Kier alpha value is -1.43. The summed E-state index contributed by atoms with van der Waals surface area (Å²) in [6, 6.07) is 8.26. The molecule has 0 amide bonds. The number of imidazole rings is 1. The minimum Gasteiger partial charge on any atom is -0.396 e. The molecule has 1 aliphatic rings. The smallest absolute Gasteiger partial charge is 0.123 e. The van der Waals surface area contributed by atoms with Gasteiger partial charge in [-0.25, -0.2) is 4.98 Å². The van der Waals surface area contributed by atoms with E-state index in [0.717, 1.165) is 37.5 Å². The third-order valence-electron chi connectivity index (χ3n) is 4.73. The molecule has 2 aromatic rings. The van der Waals surface area contributed by atoms with Crippen LogP contribution in [-0.4, -0.2) is 64.8 Å². The molecule has 1 aliphatic heterocycles. The highest BCUT2D eigenvalue weighted by atomic mass is 16.3. The number of benzene rings is 1. The van der Waals surface area contributed by atoms with Gasteiger partial charge in [0.25, 0.3) is 0 Å². The third-order valence-corrected chi connectivity index (χ3v) is 4.73. The zero-order chi connectivity index (χ0) is 15.7. The molecule has 5 heteroatoms. The number of aliphatic hydroxyl groups excluding tert-OH is 1. The minimum absolute atomic E-state index is 0.275. The van der Waals surface area contributed by atoms with Gasteiger partial charge in [0.2, 0.25) is 0 Å². The van der Waals surface area contributed by atoms with Crippen LogP contribution >= 0.6 is 0 Å². The molecule has 3 rings (SSSR count). The second-order valence-corrected chi connectivity index (χ2v) is 6.73. The molecule has 1 N–H and O–H groups in total. The number of hydrogen-bond acceptors (Lipinski definition) is 4. The SMILES string of the molecule is CN(C)C[C@@H]1CN(Cc2nc3ccccc3n2C)C[C@@H]1CO. The van der Waals surface area contributed by atoms with Crippen molar-refractivity contribution in [2.45, 2.75) is 6.54 Å². The molecular weight excluding hydrogens is 276 g/mol. The van der Waals surface area contributed by atoms with E-state index in [1.807, 2.05) is 6.07 Å². The summed E-state index contributed by atoms with van der Waals surface area (Å²) in [5, 5.41) is 9.64. The molecule has 120 valence electrons. The number of aryl methyl sites for hydroxylation is 1. The average Bonchev–Trinajstić information content (AvgIpc) is 3.01. The first-order chi connectivity index (χ1) is 10.6. The maximum Gasteiger partial charge on any atom is 0.123 e. The van der Waals surface area contributed by atoms with E-state index in [1.165, 1.54) is 5.52 Å². The third kappa shape index (κ3) is 3.02.